The summed E-state index contributed by atoms with van der Waals surface area (Å²) >= 11 is 1.73. The Morgan fingerprint density at radius 1 is 1.29 bits per heavy atom. The smallest absolute Gasteiger partial charge is 0.119 e. The number of thiazole rings is 1. The molecule has 1 saturated carbocycles. The maximum atomic E-state index is 6.14. The number of nitrogens with zero attached hydrogens (tertiary/aromatic N) is 1. The zero-order chi connectivity index (χ0) is 12.3. The molecule has 0 amide bonds. The van der Waals surface area contributed by atoms with E-state index in [0.29, 0.717) is 6.61 Å². The van der Waals surface area contributed by atoms with E-state index in [2.05, 4.69) is 11.9 Å². The Bertz CT molecular complexity index is 345. The Kier molecular flexibility index (Phi) is 4.54. The van der Waals surface area contributed by atoms with Gasteiger partial charge in [-0.2, -0.15) is 0 Å². The average Bonchev–Trinajstić information content (AvgIpc) is 2.50. The second-order valence-corrected chi connectivity index (χ2v) is 6.19. The Hall–Kier alpha value is -0.450. The van der Waals surface area contributed by atoms with Gasteiger partial charge in [0.05, 0.1) is 18.4 Å². The second-order valence-electron chi connectivity index (χ2n) is 4.90. The maximum Gasteiger partial charge on any atom is 0.119 e. The zero-order valence-corrected chi connectivity index (χ0v) is 11.6. The largest absolute Gasteiger partial charge is 0.369 e. The van der Waals surface area contributed by atoms with E-state index in [1.165, 1.54) is 24.1 Å². The molecule has 3 nitrogen and oxygen atoms in total. The Morgan fingerprint density at radius 2 is 2.06 bits per heavy atom. The lowest BCUT2D eigenvalue weighted by molar-refractivity contribution is 0.0193. The number of nitrogens with two attached hydrogens (primary N) is 1. The van der Waals surface area contributed by atoms with Crippen LogP contribution in [0.25, 0.3) is 0 Å². The fraction of sp³-hybridized carbons (Fsp3) is 0.769. The molecule has 0 spiro atoms. The van der Waals surface area contributed by atoms with Gasteiger partial charge in [0.25, 0.3) is 0 Å². The average molecular weight is 254 g/mol. The van der Waals surface area contributed by atoms with Crippen LogP contribution in [0.1, 0.15) is 47.7 Å². The van der Waals surface area contributed by atoms with E-state index in [9.17, 15) is 0 Å². The summed E-state index contributed by atoms with van der Waals surface area (Å²) in [7, 11) is 0. The van der Waals surface area contributed by atoms with Gasteiger partial charge in [0.1, 0.15) is 5.01 Å². The van der Waals surface area contributed by atoms with Gasteiger partial charge in [-0.1, -0.05) is 19.3 Å². The van der Waals surface area contributed by atoms with Gasteiger partial charge in [-0.25, -0.2) is 4.98 Å². The zero-order valence-electron chi connectivity index (χ0n) is 10.7. The Balaban J connectivity index is 1.88. The first kappa shape index (κ1) is 13.0. The van der Waals surface area contributed by atoms with Crippen LogP contribution in [0.4, 0.5) is 0 Å². The predicted molar refractivity (Wildman–Crippen MR) is 71.2 cm³/mol. The van der Waals surface area contributed by atoms with Gasteiger partial charge in [0, 0.05) is 10.9 Å². The summed E-state index contributed by atoms with van der Waals surface area (Å²) in [5.74, 6) is 0. The highest BCUT2D eigenvalue weighted by Crippen LogP contribution is 2.22. The van der Waals surface area contributed by atoms with Crippen molar-refractivity contribution in [2.45, 2.75) is 64.7 Å². The van der Waals surface area contributed by atoms with E-state index < -0.39 is 0 Å². The molecule has 1 fully saturated rings. The standard InChI is InChI=1S/C13H22N2OS/c1-9-10(2)17-13(15-9)8-16-12-7-5-3-4-6-11(12)14/h11-12H,3-8,14H2,1-2H3. The third-order valence-corrected chi connectivity index (χ3v) is 4.54. The van der Waals surface area contributed by atoms with Gasteiger partial charge >= 0.3 is 0 Å². The summed E-state index contributed by atoms with van der Waals surface area (Å²) in [5.41, 5.74) is 7.26. The van der Waals surface area contributed by atoms with Gasteiger partial charge in [0.2, 0.25) is 0 Å². The van der Waals surface area contributed by atoms with Crippen LogP contribution in [0.3, 0.4) is 0 Å². The van der Waals surface area contributed by atoms with Crippen LogP contribution in [0.2, 0.25) is 0 Å². The fourth-order valence-corrected chi connectivity index (χ4v) is 3.14. The van der Waals surface area contributed by atoms with Gasteiger partial charge in [-0.15, -0.1) is 11.3 Å². The third-order valence-electron chi connectivity index (χ3n) is 3.50. The van der Waals surface area contributed by atoms with Crippen molar-refractivity contribution >= 4 is 11.3 Å². The van der Waals surface area contributed by atoms with E-state index in [4.69, 9.17) is 10.5 Å². The molecule has 2 N–H and O–H groups in total. The van der Waals surface area contributed by atoms with E-state index in [1.807, 2.05) is 6.92 Å². The summed E-state index contributed by atoms with van der Waals surface area (Å²) in [5, 5.41) is 1.08. The first-order chi connectivity index (χ1) is 8.16. The normalized spacial score (nSPS) is 25.8. The molecule has 0 saturated heterocycles. The second kappa shape index (κ2) is 5.94. The van der Waals surface area contributed by atoms with E-state index >= 15 is 0 Å². The van der Waals surface area contributed by atoms with Crippen LogP contribution < -0.4 is 5.73 Å². The number of ether oxygens (including phenoxy) is 1. The number of hydrogen-bond donors (Lipinski definition) is 1. The monoisotopic (exact) mass is 254 g/mol. The Morgan fingerprint density at radius 3 is 2.76 bits per heavy atom. The topological polar surface area (TPSA) is 48.1 Å². The van der Waals surface area contributed by atoms with E-state index in [1.54, 1.807) is 11.3 Å². The van der Waals surface area contributed by atoms with Crippen LogP contribution in [0.5, 0.6) is 0 Å². The van der Waals surface area contributed by atoms with Crippen LogP contribution in [0, 0.1) is 13.8 Å². The highest BCUT2D eigenvalue weighted by Gasteiger charge is 2.21. The minimum absolute atomic E-state index is 0.208. The molecular formula is C13H22N2OS. The number of aryl methyl sites for hydroxylation is 2. The van der Waals surface area contributed by atoms with Crippen molar-refractivity contribution in [3.05, 3.63) is 15.6 Å². The summed E-state index contributed by atoms with van der Waals surface area (Å²) < 4.78 is 5.95. The van der Waals surface area contributed by atoms with E-state index in [0.717, 1.165) is 23.5 Å². The van der Waals surface area contributed by atoms with E-state index in [-0.39, 0.29) is 12.1 Å². The fourth-order valence-electron chi connectivity index (χ4n) is 2.29. The van der Waals surface area contributed by atoms with Gasteiger partial charge in [-0.3, -0.25) is 0 Å². The molecule has 0 aliphatic heterocycles. The summed E-state index contributed by atoms with van der Waals surface area (Å²) in [6.07, 6.45) is 6.21. The van der Waals surface area contributed by atoms with Gasteiger partial charge < -0.3 is 10.5 Å². The number of hydrogen-bond acceptors (Lipinski definition) is 4. The third kappa shape index (κ3) is 3.50. The van der Waals surface area contributed by atoms with Crippen molar-refractivity contribution in [2.75, 3.05) is 0 Å². The highest BCUT2D eigenvalue weighted by molar-refractivity contribution is 7.11. The number of rotatable bonds is 3. The van der Waals surface area contributed by atoms with Crippen molar-refractivity contribution in [1.29, 1.82) is 0 Å². The van der Waals surface area contributed by atoms with Crippen molar-refractivity contribution in [3.63, 3.8) is 0 Å². The molecule has 17 heavy (non-hydrogen) atoms. The summed E-state index contributed by atoms with van der Waals surface area (Å²) in [6.45, 7) is 4.78. The molecule has 1 aromatic rings. The summed E-state index contributed by atoms with van der Waals surface area (Å²) in [6, 6.07) is 0.208. The molecule has 96 valence electrons. The molecule has 1 heterocycles. The minimum Gasteiger partial charge on any atom is -0.369 e. The van der Waals surface area contributed by atoms with Crippen molar-refractivity contribution in [3.8, 4) is 0 Å². The molecule has 4 heteroatoms. The van der Waals surface area contributed by atoms with Crippen LogP contribution in [-0.2, 0) is 11.3 Å². The lowest BCUT2D eigenvalue weighted by Crippen LogP contribution is -2.35. The highest BCUT2D eigenvalue weighted by atomic mass is 32.1. The first-order valence-corrected chi connectivity index (χ1v) is 7.28. The molecule has 1 aliphatic rings. The van der Waals surface area contributed by atoms with Crippen molar-refractivity contribution in [2.24, 2.45) is 5.73 Å². The van der Waals surface area contributed by atoms with Crippen molar-refractivity contribution in [1.82, 2.24) is 4.98 Å². The molecule has 2 atom stereocenters. The molecule has 1 aliphatic carbocycles. The lowest BCUT2D eigenvalue weighted by Gasteiger charge is -2.21. The van der Waals surface area contributed by atoms with Crippen LogP contribution in [0.15, 0.2) is 0 Å². The SMILES string of the molecule is Cc1nc(COC2CCCCCC2N)sc1C. The molecule has 2 unspecified atom stereocenters. The predicted octanol–water partition coefficient (Wildman–Crippen LogP) is 2.94. The van der Waals surface area contributed by atoms with Gasteiger partial charge in [0.15, 0.2) is 0 Å². The quantitative estimate of drug-likeness (QED) is 0.844. The Labute approximate surface area is 107 Å². The first-order valence-electron chi connectivity index (χ1n) is 6.47. The molecule has 0 radical (unpaired) electrons. The van der Waals surface area contributed by atoms with Crippen LogP contribution >= 0.6 is 11.3 Å². The molecular weight excluding hydrogens is 232 g/mol. The molecule has 0 bridgehead atoms. The molecule has 1 aromatic heterocycles. The maximum absolute atomic E-state index is 6.14. The van der Waals surface area contributed by atoms with Gasteiger partial charge in [-0.05, 0) is 26.7 Å². The summed E-state index contributed by atoms with van der Waals surface area (Å²) in [4.78, 5) is 5.78. The van der Waals surface area contributed by atoms with Crippen LogP contribution in [-0.4, -0.2) is 17.1 Å². The minimum atomic E-state index is 0.208. The van der Waals surface area contributed by atoms with Crippen molar-refractivity contribution < 1.29 is 4.74 Å². The molecule has 0 aromatic carbocycles. The lowest BCUT2D eigenvalue weighted by atomic mass is 10.1. The number of aromatic nitrogens is 1. The molecule has 2 rings (SSSR count).